The zero-order valence-electron chi connectivity index (χ0n) is 17.0. The van der Waals surface area contributed by atoms with Crippen molar-refractivity contribution in [3.8, 4) is 5.75 Å². The van der Waals surface area contributed by atoms with Gasteiger partial charge in [-0.25, -0.2) is 4.68 Å². The van der Waals surface area contributed by atoms with Gasteiger partial charge >= 0.3 is 0 Å². The number of thioether (sulfide) groups is 1. The summed E-state index contributed by atoms with van der Waals surface area (Å²) in [5, 5.41) is 11.4. The summed E-state index contributed by atoms with van der Waals surface area (Å²) < 4.78 is 7.10. The fraction of sp³-hybridized carbons (Fsp3) is 0.286. The highest BCUT2D eigenvalue weighted by Crippen LogP contribution is 2.25. The van der Waals surface area contributed by atoms with Crippen LogP contribution in [0.1, 0.15) is 38.1 Å². The summed E-state index contributed by atoms with van der Waals surface area (Å²) >= 11 is 7.29. The van der Waals surface area contributed by atoms with E-state index in [1.54, 1.807) is 31.2 Å². The van der Waals surface area contributed by atoms with Gasteiger partial charge in [0, 0.05) is 0 Å². The zero-order valence-corrected chi connectivity index (χ0v) is 18.6. The van der Waals surface area contributed by atoms with Crippen molar-refractivity contribution in [2.45, 2.75) is 43.7 Å². The van der Waals surface area contributed by atoms with Gasteiger partial charge in [0.1, 0.15) is 12.4 Å². The van der Waals surface area contributed by atoms with Crippen LogP contribution in [0.4, 0.5) is 5.69 Å². The van der Waals surface area contributed by atoms with Gasteiger partial charge < -0.3 is 15.9 Å². The molecule has 0 aliphatic rings. The highest BCUT2D eigenvalue weighted by atomic mass is 35.5. The van der Waals surface area contributed by atoms with Crippen molar-refractivity contribution in [1.82, 2.24) is 14.9 Å². The maximum atomic E-state index is 12.5. The molecule has 2 aromatic carbocycles. The quantitative estimate of drug-likeness (QED) is 0.392. The van der Waals surface area contributed by atoms with Crippen LogP contribution in [0.3, 0.4) is 0 Å². The van der Waals surface area contributed by atoms with Gasteiger partial charge in [0.25, 0.3) is 0 Å². The molecular formula is C21H24ClN5O2S. The Morgan fingerprint density at radius 3 is 2.53 bits per heavy atom. The van der Waals surface area contributed by atoms with Crippen molar-refractivity contribution < 1.29 is 9.53 Å². The smallest absolute Gasteiger partial charge is 0.237 e. The predicted molar refractivity (Wildman–Crippen MR) is 120 cm³/mol. The number of rotatable bonds is 8. The van der Waals surface area contributed by atoms with E-state index in [-0.39, 0.29) is 12.5 Å². The van der Waals surface area contributed by atoms with Crippen molar-refractivity contribution in [3.63, 3.8) is 0 Å². The summed E-state index contributed by atoms with van der Waals surface area (Å²) in [5.41, 5.74) is 1.80. The van der Waals surface area contributed by atoms with Crippen LogP contribution < -0.4 is 15.9 Å². The molecule has 30 heavy (non-hydrogen) atoms. The van der Waals surface area contributed by atoms with Gasteiger partial charge in [0.15, 0.2) is 5.82 Å². The Bertz CT molecular complexity index is 1010. The number of carbonyl (C=O) groups excluding carboxylic acids is 1. The molecule has 3 aromatic rings. The molecule has 9 heteroatoms. The Morgan fingerprint density at radius 2 is 1.87 bits per heavy atom. The molecule has 1 unspecified atom stereocenters. The number of carbonyl (C=O) groups is 1. The summed E-state index contributed by atoms with van der Waals surface area (Å²) in [7, 11) is 0. The number of para-hydroxylation sites is 1. The number of benzene rings is 2. The summed E-state index contributed by atoms with van der Waals surface area (Å²) in [6.45, 7) is 6.21. The molecule has 1 aromatic heterocycles. The number of aromatic nitrogens is 3. The molecule has 0 aliphatic heterocycles. The summed E-state index contributed by atoms with van der Waals surface area (Å²) in [6, 6.07) is 15.0. The van der Waals surface area contributed by atoms with Gasteiger partial charge in [-0.15, -0.1) is 10.2 Å². The van der Waals surface area contributed by atoms with Crippen molar-refractivity contribution in [2.24, 2.45) is 0 Å². The molecule has 0 radical (unpaired) electrons. The van der Waals surface area contributed by atoms with E-state index in [9.17, 15) is 4.79 Å². The molecule has 0 bridgehead atoms. The maximum Gasteiger partial charge on any atom is 0.237 e. The minimum absolute atomic E-state index is 0.172. The molecule has 0 saturated carbocycles. The molecule has 1 amide bonds. The van der Waals surface area contributed by atoms with E-state index in [4.69, 9.17) is 22.2 Å². The van der Waals surface area contributed by atoms with Gasteiger partial charge in [0.05, 0.1) is 16.0 Å². The molecule has 0 aliphatic carbocycles. The van der Waals surface area contributed by atoms with Gasteiger partial charge in [0.2, 0.25) is 11.1 Å². The summed E-state index contributed by atoms with van der Waals surface area (Å²) in [4.78, 5) is 12.5. The Hall–Kier alpha value is -2.71. The first-order valence-corrected chi connectivity index (χ1v) is 10.7. The highest BCUT2D eigenvalue weighted by Gasteiger charge is 2.20. The molecule has 1 atom stereocenters. The maximum absolute atomic E-state index is 12.5. The molecular weight excluding hydrogens is 422 g/mol. The van der Waals surface area contributed by atoms with Crippen molar-refractivity contribution in [2.75, 3.05) is 11.2 Å². The number of nitrogens with zero attached hydrogens (tertiary/aromatic N) is 3. The number of hydrogen-bond acceptors (Lipinski definition) is 6. The third-order valence-electron chi connectivity index (χ3n) is 4.43. The van der Waals surface area contributed by atoms with Crippen LogP contribution in [0.2, 0.25) is 5.02 Å². The normalized spacial score (nSPS) is 12.0. The first kappa shape index (κ1) is 22.0. The van der Waals surface area contributed by atoms with E-state index in [1.807, 2.05) is 24.3 Å². The lowest BCUT2D eigenvalue weighted by molar-refractivity contribution is -0.115. The lowest BCUT2D eigenvalue weighted by Gasteiger charge is -2.12. The van der Waals surface area contributed by atoms with Crippen LogP contribution in [0.15, 0.2) is 53.7 Å². The number of amides is 1. The number of nitrogens with two attached hydrogens (primary N) is 1. The zero-order chi connectivity index (χ0) is 21.7. The molecule has 0 saturated heterocycles. The largest absolute Gasteiger partial charge is 0.486 e. The topological polar surface area (TPSA) is 95.1 Å². The Labute approximate surface area is 184 Å². The molecule has 3 N–H and O–H groups in total. The number of nitrogens with one attached hydrogen (secondary N) is 1. The lowest BCUT2D eigenvalue weighted by atomic mass is 10.0. The fourth-order valence-corrected chi connectivity index (χ4v) is 3.56. The van der Waals surface area contributed by atoms with Gasteiger partial charge in [-0.2, -0.15) is 0 Å². The van der Waals surface area contributed by atoms with Crippen LogP contribution >= 0.6 is 23.4 Å². The van der Waals surface area contributed by atoms with Gasteiger partial charge in [-0.3, -0.25) is 4.79 Å². The van der Waals surface area contributed by atoms with Crippen LogP contribution in [0, 0.1) is 0 Å². The van der Waals surface area contributed by atoms with E-state index in [0.717, 1.165) is 5.75 Å². The average molecular weight is 446 g/mol. The molecule has 1 heterocycles. The molecule has 0 spiro atoms. The van der Waals surface area contributed by atoms with E-state index < -0.39 is 5.25 Å². The second kappa shape index (κ2) is 9.86. The van der Waals surface area contributed by atoms with Crippen LogP contribution in [0.25, 0.3) is 0 Å². The van der Waals surface area contributed by atoms with Gasteiger partial charge in [-0.1, -0.05) is 61.5 Å². The fourth-order valence-electron chi connectivity index (χ4n) is 2.59. The van der Waals surface area contributed by atoms with Crippen molar-refractivity contribution >= 4 is 35.0 Å². The van der Waals surface area contributed by atoms with Crippen molar-refractivity contribution in [3.05, 3.63) is 64.9 Å². The van der Waals surface area contributed by atoms with E-state index in [0.29, 0.717) is 27.6 Å². The van der Waals surface area contributed by atoms with E-state index in [1.165, 1.54) is 22.0 Å². The number of anilines is 1. The number of halogens is 1. The van der Waals surface area contributed by atoms with Crippen LogP contribution in [-0.4, -0.2) is 26.0 Å². The third kappa shape index (κ3) is 5.46. The van der Waals surface area contributed by atoms with E-state index >= 15 is 0 Å². The van der Waals surface area contributed by atoms with Crippen molar-refractivity contribution in [1.29, 1.82) is 0 Å². The van der Waals surface area contributed by atoms with Crippen LogP contribution in [-0.2, 0) is 11.4 Å². The molecule has 0 fully saturated rings. The summed E-state index contributed by atoms with van der Waals surface area (Å²) in [6.07, 6.45) is 0. The summed E-state index contributed by atoms with van der Waals surface area (Å²) in [5.74, 6) is 7.53. The third-order valence-corrected chi connectivity index (χ3v) is 5.82. The number of ether oxygens (including phenoxy) is 1. The second-order valence-corrected chi connectivity index (χ2v) is 8.73. The Kier molecular flexibility index (Phi) is 7.23. The van der Waals surface area contributed by atoms with Gasteiger partial charge in [-0.05, 0) is 42.7 Å². The predicted octanol–water partition coefficient (Wildman–Crippen LogP) is 4.47. The molecule has 7 nitrogen and oxygen atoms in total. The first-order chi connectivity index (χ1) is 14.3. The highest BCUT2D eigenvalue weighted by molar-refractivity contribution is 8.00. The number of hydrogen-bond donors (Lipinski definition) is 2. The monoisotopic (exact) mass is 445 g/mol. The Balaban J connectivity index is 1.57. The minimum Gasteiger partial charge on any atom is -0.486 e. The minimum atomic E-state index is -0.454. The second-order valence-electron chi connectivity index (χ2n) is 7.01. The Morgan fingerprint density at radius 1 is 1.17 bits per heavy atom. The lowest BCUT2D eigenvalue weighted by Crippen LogP contribution is -2.24. The van der Waals surface area contributed by atoms with E-state index in [2.05, 4.69) is 29.4 Å². The average Bonchev–Trinajstić information content (AvgIpc) is 3.07. The molecule has 3 rings (SSSR count). The molecule has 158 valence electrons. The first-order valence-electron chi connectivity index (χ1n) is 9.49. The van der Waals surface area contributed by atoms with Crippen LogP contribution in [0.5, 0.6) is 5.75 Å². The SMILES string of the molecule is CC(Sc1nnc(COc2ccc(C(C)C)cc2)n1N)C(=O)Nc1ccccc1Cl. The number of nitrogen functional groups attached to an aromatic ring is 1. The standard InChI is InChI=1S/C21H24ClN5O2S/c1-13(2)15-8-10-16(11-9-15)29-12-19-25-26-21(27(19)23)30-14(3)20(28)24-18-7-5-4-6-17(18)22/h4-11,13-14H,12,23H2,1-3H3,(H,24,28).